The molecular weight excluding hydrogens is 435 g/mol. The fraction of sp³-hybridized carbons (Fsp3) is 0.435. The van der Waals surface area contributed by atoms with E-state index in [2.05, 4.69) is 0 Å². The smallest absolute Gasteiger partial charge is 0.257 e. The lowest BCUT2D eigenvalue weighted by Crippen LogP contribution is -2.55. The van der Waals surface area contributed by atoms with Crippen LogP contribution in [-0.2, 0) is 14.8 Å². The Bertz CT molecular complexity index is 1110. The van der Waals surface area contributed by atoms with Crippen molar-refractivity contribution in [2.24, 2.45) is 0 Å². The van der Waals surface area contributed by atoms with Crippen LogP contribution in [0.2, 0.25) is 0 Å². The summed E-state index contributed by atoms with van der Waals surface area (Å²) < 4.78 is 53.3. The molecule has 2 aliphatic heterocycles. The maximum atomic E-state index is 13.7. The summed E-state index contributed by atoms with van der Waals surface area (Å²) in [6.45, 7) is 5.06. The molecule has 2 heterocycles. The minimum Gasteiger partial charge on any atom is -0.493 e. The standard InChI is InChI=1S/C23H27FN2O5S/c1-3-30-21-7-5-4-6-19(21)22(27)25-12-10-23(11-13-25)26(14-15-31-23)32(28,29)18-8-9-20(24)17(2)16-18/h4-9,16H,3,10-15H2,1-2H3. The van der Waals surface area contributed by atoms with Crippen molar-refractivity contribution in [1.29, 1.82) is 0 Å². The van der Waals surface area contributed by atoms with E-state index < -0.39 is 21.6 Å². The van der Waals surface area contributed by atoms with Crippen LogP contribution in [0.15, 0.2) is 47.4 Å². The summed E-state index contributed by atoms with van der Waals surface area (Å²) in [4.78, 5) is 14.9. The van der Waals surface area contributed by atoms with Gasteiger partial charge in [-0.05, 0) is 49.7 Å². The summed E-state index contributed by atoms with van der Waals surface area (Å²) in [6, 6.07) is 10.9. The number of carbonyl (C=O) groups excluding carboxylic acids is 1. The number of ether oxygens (including phenoxy) is 2. The Kier molecular flexibility index (Phi) is 6.24. The molecule has 1 spiro atoms. The predicted molar refractivity (Wildman–Crippen MR) is 116 cm³/mol. The molecule has 0 N–H and O–H groups in total. The summed E-state index contributed by atoms with van der Waals surface area (Å²) >= 11 is 0. The zero-order chi connectivity index (χ0) is 22.9. The third-order valence-corrected chi connectivity index (χ3v) is 8.03. The SMILES string of the molecule is CCOc1ccccc1C(=O)N1CCC2(CC1)OCCN2S(=O)(=O)c1ccc(F)c(C)c1. The Balaban J connectivity index is 1.53. The number of hydrogen-bond acceptors (Lipinski definition) is 5. The number of nitrogens with zero attached hydrogens (tertiary/aromatic N) is 2. The quantitative estimate of drug-likeness (QED) is 0.682. The van der Waals surface area contributed by atoms with E-state index in [0.29, 0.717) is 43.9 Å². The summed E-state index contributed by atoms with van der Waals surface area (Å²) in [6.07, 6.45) is 0.712. The van der Waals surface area contributed by atoms with Crippen LogP contribution >= 0.6 is 0 Å². The van der Waals surface area contributed by atoms with E-state index in [1.54, 1.807) is 23.1 Å². The molecule has 0 bridgehead atoms. The van der Waals surface area contributed by atoms with Gasteiger partial charge in [0.1, 0.15) is 17.3 Å². The van der Waals surface area contributed by atoms with Crippen LogP contribution in [0.4, 0.5) is 4.39 Å². The third kappa shape index (κ3) is 4.00. The fourth-order valence-electron chi connectivity index (χ4n) is 4.39. The van der Waals surface area contributed by atoms with E-state index in [1.165, 1.54) is 29.4 Å². The number of rotatable bonds is 5. The molecule has 9 heteroatoms. The molecule has 0 unspecified atom stereocenters. The Labute approximate surface area is 187 Å². The van der Waals surface area contributed by atoms with E-state index in [1.807, 2.05) is 13.0 Å². The van der Waals surface area contributed by atoms with Crippen LogP contribution in [0.5, 0.6) is 5.75 Å². The first-order chi connectivity index (χ1) is 15.3. The van der Waals surface area contributed by atoms with Crippen molar-refractivity contribution in [2.45, 2.75) is 37.3 Å². The highest BCUT2D eigenvalue weighted by Crippen LogP contribution is 2.39. The molecule has 0 aliphatic carbocycles. The average molecular weight is 463 g/mol. The molecule has 2 aromatic carbocycles. The molecule has 2 fully saturated rings. The lowest BCUT2D eigenvalue weighted by atomic mass is 9.99. The van der Waals surface area contributed by atoms with Gasteiger partial charge in [-0.2, -0.15) is 4.31 Å². The number of carbonyl (C=O) groups is 1. The zero-order valence-electron chi connectivity index (χ0n) is 18.2. The molecule has 0 saturated carbocycles. The highest BCUT2D eigenvalue weighted by Gasteiger charge is 2.51. The van der Waals surface area contributed by atoms with Crippen molar-refractivity contribution in [1.82, 2.24) is 9.21 Å². The molecule has 2 saturated heterocycles. The number of likely N-dealkylation sites (tertiary alicyclic amines) is 1. The average Bonchev–Trinajstić information content (AvgIpc) is 3.20. The molecule has 172 valence electrons. The molecular formula is C23H27FN2O5S. The Morgan fingerprint density at radius 3 is 2.56 bits per heavy atom. The third-order valence-electron chi connectivity index (χ3n) is 6.09. The van der Waals surface area contributed by atoms with Gasteiger partial charge in [-0.3, -0.25) is 4.79 Å². The number of halogens is 1. The van der Waals surface area contributed by atoms with Gasteiger partial charge in [-0.15, -0.1) is 0 Å². The fourth-order valence-corrected chi connectivity index (χ4v) is 6.19. The van der Waals surface area contributed by atoms with Crippen molar-refractivity contribution < 1.29 is 27.1 Å². The van der Waals surface area contributed by atoms with Gasteiger partial charge < -0.3 is 14.4 Å². The summed E-state index contributed by atoms with van der Waals surface area (Å²) in [5.74, 6) is -0.0609. The Morgan fingerprint density at radius 1 is 1.16 bits per heavy atom. The van der Waals surface area contributed by atoms with Crippen LogP contribution < -0.4 is 4.74 Å². The Hall–Kier alpha value is -2.49. The normalized spacial score (nSPS) is 18.8. The van der Waals surface area contributed by atoms with E-state index in [-0.39, 0.29) is 29.5 Å². The summed E-state index contributed by atoms with van der Waals surface area (Å²) in [5.41, 5.74) is -0.241. The second-order valence-electron chi connectivity index (χ2n) is 8.00. The van der Waals surface area contributed by atoms with Gasteiger partial charge in [0.25, 0.3) is 5.91 Å². The van der Waals surface area contributed by atoms with Crippen molar-refractivity contribution in [2.75, 3.05) is 32.8 Å². The first kappa shape index (κ1) is 22.7. The highest BCUT2D eigenvalue weighted by atomic mass is 32.2. The Morgan fingerprint density at radius 2 is 1.88 bits per heavy atom. The topological polar surface area (TPSA) is 76.2 Å². The summed E-state index contributed by atoms with van der Waals surface area (Å²) in [7, 11) is -3.87. The van der Waals surface area contributed by atoms with Crippen molar-refractivity contribution in [3.05, 3.63) is 59.4 Å². The lowest BCUT2D eigenvalue weighted by Gasteiger charge is -2.42. The number of amides is 1. The maximum absolute atomic E-state index is 13.7. The first-order valence-corrected chi connectivity index (χ1v) is 12.2. The summed E-state index contributed by atoms with van der Waals surface area (Å²) in [5, 5.41) is 0. The molecule has 4 rings (SSSR count). The molecule has 0 aromatic heterocycles. The molecule has 2 aliphatic rings. The van der Waals surface area contributed by atoms with Gasteiger partial charge in [-0.1, -0.05) is 12.1 Å². The van der Waals surface area contributed by atoms with Crippen LogP contribution in [0, 0.1) is 12.7 Å². The number of para-hydroxylation sites is 1. The minimum atomic E-state index is -3.87. The van der Waals surface area contributed by atoms with Gasteiger partial charge in [0.05, 0.1) is 23.7 Å². The molecule has 7 nitrogen and oxygen atoms in total. The van der Waals surface area contributed by atoms with Gasteiger partial charge in [-0.25, -0.2) is 12.8 Å². The van der Waals surface area contributed by atoms with Gasteiger partial charge >= 0.3 is 0 Å². The lowest BCUT2D eigenvalue weighted by molar-refractivity contribution is -0.0857. The number of piperidine rings is 1. The highest BCUT2D eigenvalue weighted by molar-refractivity contribution is 7.89. The number of sulfonamides is 1. The number of hydrogen-bond donors (Lipinski definition) is 0. The first-order valence-electron chi connectivity index (χ1n) is 10.7. The van der Waals surface area contributed by atoms with Crippen molar-refractivity contribution >= 4 is 15.9 Å². The van der Waals surface area contributed by atoms with Crippen LogP contribution in [0.25, 0.3) is 0 Å². The predicted octanol–water partition coefficient (Wildman–Crippen LogP) is 3.19. The molecule has 1 amide bonds. The molecule has 2 aromatic rings. The van der Waals surface area contributed by atoms with Gasteiger partial charge in [0, 0.05) is 32.5 Å². The number of benzene rings is 2. The monoisotopic (exact) mass is 462 g/mol. The molecule has 0 atom stereocenters. The van der Waals surface area contributed by atoms with Crippen molar-refractivity contribution in [3.8, 4) is 5.75 Å². The second-order valence-corrected chi connectivity index (χ2v) is 9.87. The van der Waals surface area contributed by atoms with E-state index >= 15 is 0 Å². The maximum Gasteiger partial charge on any atom is 0.257 e. The zero-order valence-corrected chi connectivity index (χ0v) is 19.0. The molecule has 0 radical (unpaired) electrons. The van der Waals surface area contributed by atoms with Gasteiger partial charge in [0.15, 0.2) is 0 Å². The number of aryl methyl sites for hydroxylation is 1. The minimum absolute atomic E-state index is 0.0467. The second kappa shape index (κ2) is 8.80. The van der Waals surface area contributed by atoms with Crippen LogP contribution in [0.1, 0.15) is 35.7 Å². The van der Waals surface area contributed by atoms with Crippen LogP contribution in [-0.4, -0.2) is 62.1 Å². The molecule has 32 heavy (non-hydrogen) atoms. The van der Waals surface area contributed by atoms with Crippen LogP contribution in [0.3, 0.4) is 0 Å². The van der Waals surface area contributed by atoms with Crippen molar-refractivity contribution in [3.63, 3.8) is 0 Å². The van der Waals surface area contributed by atoms with Gasteiger partial charge in [0.2, 0.25) is 10.0 Å². The van der Waals surface area contributed by atoms with E-state index in [9.17, 15) is 17.6 Å². The largest absolute Gasteiger partial charge is 0.493 e. The van der Waals surface area contributed by atoms with E-state index in [4.69, 9.17) is 9.47 Å². The van der Waals surface area contributed by atoms with E-state index in [0.717, 1.165) is 0 Å².